The fourth-order valence-electron chi connectivity index (χ4n) is 1.97. The summed E-state index contributed by atoms with van der Waals surface area (Å²) < 4.78 is 13.4. The van der Waals surface area contributed by atoms with Gasteiger partial charge in [-0.1, -0.05) is 18.2 Å². The third kappa shape index (κ3) is 3.24. The van der Waals surface area contributed by atoms with Gasteiger partial charge in [0, 0.05) is 6.07 Å². The molecule has 8 nitrogen and oxygen atoms in total. The molecule has 1 amide bonds. The molecule has 0 aliphatic carbocycles. The second kappa shape index (κ2) is 6.36. The van der Waals surface area contributed by atoms with Crippen LogP contribution in [0.5, 0.6) is 5.75 Å². The summed E-state index contributed by atoms with van der Waals surface area (Å²) in [7, 11) is 0. The van der Waals surface area contributed by atoms with Crippen molar-refractivity contribution in [2.24, 2.45) is 0 Å². The molecule has 0 radical (unpaired) electrons. The average molecular weight is 330 g/mol. The lowest BCUT2D eigenvalue weighted by atomic mass is 10.2. The van der Waals surface area contributed by atoms with E-state index >= 15 is 0 Å². The molecule has 9 heteroatoms. The predicted molar refractivity (Wildman–Crippen MR) is 84.6 cm³/mol. The molecule has 1 aromatic heterocycles. The van der Waals surface area contributed by atoms with E-state index in [1.807, 2.05) is 0 Å². The third-order valence-corrected chi connectivity index (χ3v) is 3.52. The van der Waals surface area contributed by atoms with Gasteiger partial charge in [-0.05, 0) is 18.2 Å². The van der Waals surface area contributed by atoms with Crippen LogP contribution >= 0.6 is 11.7 Å². The number of anilines is 1. The normalized spacial score (nSPS) is 10.4. The molecule has 0 unspecified atom stereocenters. The van der Waals surface area contributed by atoms with Gasteiger partial charge in [-0.15, -0.1) is 0 Å². The molecule has 0 atom stereocenters. The minimum Gasteiger partial charge on any atom is -0.477 e. The number of fused-ring (bicyclic) bond motifs is 1. The Morgan fingerprint density at radius 2 is 2.04 bits per heavy atom. The molecule has 0 aliphatic rings. The molecule has 0 fully saturated rings. The molecule has 1 heterocycles. The van der Waals surface area contributed by atoms with E-state index in [9.17, 15) is 14.9 Å². The highest BCUT2D eigenvalue weighted by atomic mass is 32.1. The summed E-state index contributed by atoms with van der Waals surface area (Å²) in [5, 5.41) is 13.5. The topological polar surface area (TPSA) is 107 Å². The number of hydrogen-bond acceptors (Lipinski definition) is 7. The van der Waals surface area contributed by atoms with E-state index in [-0.39, 0.29) is 18.0 Å². The van der Waals surface area contributed by atoms with Crippen LogP contribution in [0, 0.1) is 10.1 Å². The molecule has 116 valence electrons. The summed E-state index contributed by atoms with van der Waals surface area (Å²) in [6.07, 6.45) is 0. The lowest BCUT2D eigenvalue weighted by Crippen LogP contribution is -2.20. The number of nitrogens with one attached hydrogen (secondary N) is 1. The number of benzene rings is 2. The smallest absolute Gasteiger partial charge is 0.310 e. The number of carbonyl (C=O) groups is 1. The first-order valence-corrected chi connectivity index (χ1v) is 7.25. The van der Waals surface area contributed by atoms with Gasteiger partial charge in [0.05, 0.1) is 22.3 Å². The van der Waals surface area contributed by atoms with Gasteiger partial charge in [0.1, 0.15) is 11.0 Å². The Kier molecular flexibility index (Phi) is 4.11. The monoisotopic (exact) mass is 330 g/mol. The lowest BCUT2D eigenvalue weighted by Gasteiger charge is -2.08. The highest BCUT2D eigenvalue weighted by Gasteiger charge is 2.15. The van der Waals surface area contributed by atoms with Crippen LogP contribution in [-0.2, 0) is 4.79 Å². The molecule has 0 spiro atoms. The van der Waals surface area contributed by atoms with Crippen molar-refractivity contribution in [2.75, 3.05) is 11.9 Å². The summed E-state index contributed by atoms with van der Waals surface area (Å²) in [4.78, 5) is 22.3. The summed E-state index contributed by atoms with van der Waals surface area (Å²) in [5.74, 6) is -0.398. The number of nitrogens with zero attached hydrogens (tertiary/aromatic N) is 3. The summed E-state index contributed by atoms with van der Waals surface area (Å²) in [6, 6.07) is 11.1. The van der Waals surface area contributed by atoms with Gasteiger partial charge in [0.25, 0.3) is 5.91 Å². The fourth-order valence-corrected chi connectivity index (χ4v) is 2.52. The maximum atomic E-state index is 12.0. The van der Waals surface area contributed by atoms with Crippen LogP contribution in [0.15, 0.2) is 42.5 Å². The number of aromatic nitrogens is 2. The number of ether oxygens (including phenoxy) is 1. The Labute approximate surface area is 134 Å². The minimum atomic E-state index is -0.561. The van der Waals surface area contributed by atoms with E-state index in [1.165, 1.54) is 18.2 Å². The van der Waals surface area contributed by atoms with Crippen LogP contribution in [0.1, 0.15) is 0 Å². The second-order valence-corrected chi connectivity index (χ2v) is 5.03. The Morgan fingerprint density at radius 1 is 1.22 bits per heavy atom. The van der Waals surface area contributed by atoms with Crippen molar-refractivity contribution in [3.05, 3.63) is 52.6 Å². The maximum absolute atomic E-state index is 12.0. The number of nitro groups is 1. The van der Waals surface area contributed by atoms with Gasteiger partial charge >= 0.3 is 5.69 Å². The molecule has 2 aromatic carbocycles. The van der Waals surface area contributed by atoms with Crippen LogP contribution < -0.4 is 10.1 Å². The van der Waals surface area contributed by atoms with E-state index < -0.39 is 10.8 Å². The zero-order chi connectivity index (χ0) is 16.2. The van der Waals surface area contributed by atoms with E-state index in [0.29, 0.717) is 16.7 Å². The van der Waals surface area contributed by atoms with Gasteiger partial charge in [-0.3, -0.25) is 14.9 Å². The summed E-state index contributed by atoms with van der Waals surface area (Å²) in [6.45, 7) is -0.348. The highest BCUT2D eigenvalue weighted by Crippen LogP contribution is 2.26. The lowest BCUT2D eigenvalue weighted by molar-refractivity contribution is -0.385. The van der Waals surface area contributed by atoms with Crippen molar-refractivity contribution in [3.8, 4) is 5.75 Å². The van der Waals surface area contributed by atoms with E-state index in [4.69, 9.17) is 4.74 Å². The van der Waals surface area contributed by atoms with Crippen LogP contribution in [0.2, 0.25) is 0 Å². The number of amides is 1. The second-order valence-electron chi connectivity index (χ2n) is 4.50. The fraction of sp³-hybridized carbons (Fsp3) is 0.0714. The van der Waals surface area contributed by atoms with Gasteiger partial charge in [-0.2, -0.15) is 8.75 Å². The number of hydrogen-bond donors (Lipinski definition) is 1. The molecule has 1 N–H and O–H groups in total. The maximum Gasteiger partial charge on any atom is 0.310 e. The first kappa shape index (κ1) is 14.9. The first-order valence-electron chi connectivity index (χ1n) is 6.52. The quantitative estimate of drug-likeness (QED) is 0.569. The summed E-state index contributed by atoms with van der Waals surface area (Å²) >= 11 is 1.05. The molecule has 0 saturated carbocycles. The van der Waals surface area contributed by atoms with Crippen molar-refractivity contribution in [1.82, 2.24) is 8.75 Å². The highest BCUT2D eigenvalue weighted by molar-refractivity contribution is 7.00. The van der Waals surface area contributed by atoms with Crippen molar-refractivity contribution >= 4 is 40.0 Å². The molecule has 23 heavy (non-hydrogen) atoms. The standard InChI is InChI=1S/C14H10N4O4S/c19-13(8-22-12-7-2-1-6-11(12)18(20)21)15-9-4-3-5-10-14(9)17-23-16-10/h1-7H,8H2,(H,15,19). The third-order valence-electron chi connectivity index (χ3n) is 2.98. The van der Waals surface area contributed by atoms with Crippen molar-refractivity contribution in [1.29, 1.82) is 0 Å². The first-order chi connectivity index (χ1) is 11.1. The van der Waals surface area contributed by atoms with Crippen molar-refractivity contribution in [2.45, 2.75) is 0 Å². The zero-order valence-corrected chi connectivity index (χ0v) is 12.4. The van der Waals surface area contributed by atoms with E-state index in [0.717, 1.165) is 11.7 Å². The number of rotatable bonds is 5. The Morgan fingerprint density at radius 3 is 2.87 bits per heavy atom. The molecule has 0 saturated heterocycles. The molecule has 0 aliphatic heterocycles. The van der Waals surface area contributed by atoms with Gasteiger partial charge in [-0.25, -0.2) is 0 Å². The van der Waals surface area contributed by atoms with Crippen LogP contribution in [0.3, 0.4) is 0 Å². The Bertz CT molecular complexity index is 880. The van der Waals surface area contributed by atoms with Gasteiger partial charge < -0.3 is 10.1 Å². The summed E-state index contributed by atoms with van der Waals surface area (Å²) in [5.41, 5.74) is 1.61. The Hall–Kier alpha value is -3.07. The number of carbonyl (C=O) groups excluding carboxylic acids is 1. The molecule has 3 rings (SSSR count). The number of nitro benzene ring substituents is 1. The van der Waals surface area contributed by atoms with Crippen molar-refractivity contribution in [3.63, 3.8) is 0 Å². The van der Waals surface area contributed by atoms with Gasteiger partial charge in [0.15, 0.2) is 12.4 Å². The van der Waals surface area contributed by atoms with Crippen LogP contribution in [-0.4, -0.2) is 26.2 Å². The Balaban J connectivity index is 1.69. The van der Waals surface area contributed by atoms with Crippen LogP contribution in [0.4, 0.5) is 11.4 Å². The molecular formula is C14H10N4O4S. The number of para-hydroxylation sites is 2. The predicted octanol–water partition coefficient (Wildman–Crippen LogP) is 2.62. The molecule has 0 bridgehead atoms. The molecule has 3 aromatic rings. The van der Waals surface area contributed by atoms with Crippen molar-refractivity contribution < 1.29 is 14.5 Å². The SMILES string of the molecule is O=C(COc1ccccc1[N+](=O)[O-])Nc1cccc2nsnc12. The van der Waals surface area contributed by atoms with Crippen LogP contribution in [0.25, 0.3) is 11.0 Å². The average Bonchev–Trinajstić information content (AvgIpc) is 3.03. The van der Waals surface area contributed by atoms with E-state index in [2.05, 4.69) is 14.1 Å². The van der Waals surface area contributed by atoms with E-state index in [1.54, 1.807) is 24.3 Å². The minimum absolute atomic E-state index is 0.0428. The largest absolute Gasteiger partial charge is 0.477 e. The van der Waals surface area contributed by atoms with Gasteiger partial charge in [0.2, 0.25) is 0 Å². The molecular weight excluding hydrogens is 320 g/mol. The zero-order valence-electron chi connectivity index (χ0n) is 11.6.